The van der Waals surface area contributed by atoms with Crippen LogP contribution < -0.4 is 10.1 Å². The molecule has 1 rings (SSSR count). The van der Waals surface area contributed by atoms with Crippen molar-refractivity contribution in [2.45, 2.75) is 38.6 Å². The van der Waals surface area contributed by atoms with Crippen LogP contribution >= 0.6 is 0 Å². The van der Waals surface area contributed by atoms with E-state index >= 15 is 0 Å². The van der Waals surface area contributed by atoms with E-state index < -0.39 is 6.04 Å². The van der Waals surface area contributed by atoms with E-state index in [1.807, 2.05) is 25.1 Å². The molecule has 0 aliphatic heterocycles. The Kier molecular flexibility index (Phi) is 7.94. The second kappa shape index (κ2) is 9.71. The lowest BCUT2D eigenvalue weighted by Gasteiger charge is -2.18. The van der Waals surface area contributed by atoms with Gasteiger partial charge < -0.3 is 19.5 Å². The van der Waals surface area contributed by atoms with Crippen LogP contribution in [0.2, 0.25) is 0 Å². The SMILES string of the molecule is CCC(Nc1cc(CCCC(=O)OC)ccc1OC)C(=O)OC. The molecule has 0 radical (unpaired) electrons. The Bertz CT molecular complexity index is 530. The highest BCUT2D eigenvalue weighted by Gasteiger charge is 2.18. The predicted octanol–water partition coefficient (Wildman–Crippen LogP) is 2.55. The number of esters is 2. The lowest BCUT2D eigenvalue weighted by molar-refractivity contribution is -0.142. The van der Waals surface area contributed by atoms with E-state index in [2.05, 4.69) is 10.1 Å². The van der Waals surface area contributed by atoms with Gasteiger partial charge in [-0.2, -0.15) is 0 Å². The van der Waals surface area contributed by atoms with Gasteiger partial charge in [0.2, 0.25) is 0 Å². The maximum Gasteiger partial charge on any atom is 0.328 e. The average Bonchev–Trinajstić information content (AvgIpc) is 2.58. The number of aryl methyl sites for hydroxylation is 1. The fraction of sp³-hybridized carbons (Fsp3) is 0.529. The molecular formula is C17H25NO5. The zero-order valence-electron chi connectivity index (χ0n) is 14.2. The molecule has 6 heteroatoms. The number of benzene rings is 1. The maximum absolute atomic E-state index is 11.7. The first-order chi connectivity index (χ1) is 11.0. The number of nitrogens with one attached hydrogen (secondary N) is 1. The molecule has 1 atom stereocenters. The van der Waals surface area contributed by atoms with E-state index in [-0.39, 0.29) is 11.9 Å². The van der Waals surface area contributed by atoms with Gasteiger partial charge in [0.25, 0.3) is 0 Å². The van der Waals surface area contributed by atoms with Crippen molar-refractivity contribution < 1.29 is 23.8 Å². The molecule has 0 bridgehead atoms. The van der Waals surface area contributed by atoms with Crippen molar-refractivity contribution in [2.75, 3.05) is 26.6 Å². The van der Waals surface area contributed by atoms with Gasteiger partial charge in [0.05, 0.1) is 27.0 Å². The van der Waals surface area contributed by atoms with E-state index in [9.17, 15) is 9.59 Å². The van der Waals surface area contributed by atoms with Gasteiger partial charge in [0.1, 0.15) is 11.8 Å². The molecule has 0 heterocycles. The van der Waals surface area contributed by atoms with Crippen LogP contribution in [0.1, 0.15) is 31.7 Å². The summed E-state index contributed by atoms with van der Waals surface area (Å²) >= 11 is 0. The van der Waals surface area contributed by atoms with E-state index in [0.717, 1.165) is 17.7 Å². The van der Waals surface area contributed by atoms with Crippen LogP contribution in [0.15, 0.2) is 18.2 Å². The van der Waals surface area contributed by atoms with Crippen molar-refractivity contribution in [3.8, 4) is 5.75 Å². The molecule has 0 spiro atoms. The highest BCUT2D eigenvalue weighted by molar-refractivity contribution is 5.80. The Morgan fingerprint density at radius 2 is 1.91 bits per heavy atom. The lowest BCUT2D eigenvalue weighted by atomic mass is 10.1. The third-order valence-corrected chi connectivity index (χ3v) is 3.56. The largest absolute Gasteiger partial charge is 0.495 e. The van der Waals surface area contributed by atoms with Gasteiger partial charge in [-0.1, -0.05) is 13.0 Å². The smallest absolute Gasteiger partial charge is 0.328 e. The number of carbonyl (C=O) groups excluding carboxylic acids is 2. The number of hydrogen-bond acceptors (Lipinski definition) is 6. The first kappa shape index (κ1) is 18.8. The first-order valence-electron chi connectivity index (χ1n) is 7.63. The van der Waals surface area contributed by atoms with Crippen molar-refractivity contribution in [3.63, 3.8) is 0 Å². The monoisotopic (exact) mass is 323 g/mol. The van der Waals surface area contributed by atoms with Crippen molar-refractivity contribution in [1.29, 1.82) is 0 Å². The van der Waals surface area contributed by atoms with Crippen molar-refractivity contribution >= 4 is 17.6 Å². The van der Waals surface area contributed by atoms with Gasteiger partial charge in [0, 0.05) is 6.42 Å². The molecule has 6 nitrogen and oxygen atoms in total. The second-order valence-corrected chi connectivity index (χ2v) is 5.09. The lowest BCUT2D eigenvalue weighted by Crippen LogP contribution is -2.30. The first-order valence-corrected chi connectivity index (χ1v) is 7.63. The molecule has 0 aliphatic rings. The summed E-state index contributed by atoms with van der Waals surface area (Å²) in [5, 5.41) is 3.16. The highest BCUT2D eigenvalue weighted by Crippen LogP contribution is 2.27. The number of ether oxygens (including phenoxy) is 3. The topological polar surface area (TPSA) is 73.9 Å². The molecule has 1 N–H and O–H groups in total. The van der Waals surface area contributed by atoms with Crippen LogP contribution in [-0.4, -0.2) is 39.3 Å². The number of carbonyl (C=O) groups is 2. The number of anilines is 1. The fourth-order valence-electron chi connectivity index (χ4n) is 2.22. The Morgan fingerprint density at radius 1 is 1.17 bits per heavy atom. The van der Waals surface area contributed by atoms with Gasteiger partial charge in [-0.3, -0.25) is 4.79 Å². The second-order valence-electron chi connectivity index (χ2n) is 5.09. The summed E-state index contributed by atoms with van der Waals surface area (Å²) in [4.78, 5) is 22.9. The third kappa shape index (κ3) is 5.81. The van der Waals surface area contributed by atoms with Crippen LogP contribution in [0.3, 0.4) is 0 Å². The Morgan fingerprint density at radius 3 is 2.48 bits per heavy atom. The summed E-state index contributed by atoms with van der Waals surface area (Å²) in [6.45, 7) is 1.90. The molecule has 23 heavy (non-hydrogen) atoms. The summed E-state index contributed by atoms with van der Waals surface area (Å²) in [5.41, 5.74) is 1.79. The van der Waals surface area contributed by atoms with Gasteiger partial charge in [-0.15, -0.1) is 0 Å². The van der Waals surface area contributed by atoms with Gasteiger partial charge >= 0.3 is 11.9 Å². The quantitative estimate of drug-likeness (QED) is 0.704. The molecule has 0 aromatic heterocycles. The Balaban J connectivity index is 2.81. The van der Waals surface area contributed by atoms with Crippen molar-refractivity contribution in [3.05, 3.63) is 23.8 Å². The zero-order valence-corrected chi connectivity index (χ0v) is 14.2. The number of hydrogen-bond donors (Lipinski definition) is 1. The number of methoxy groups -OCH3 is 3. The summed E-state index contributed by atoms with van der Waals surface area (Å²) < 4.78 is 14.8. The molecule has 0 fully saturated rings. The van der Waals surface area contributed by atoms with Crippen LogP contribution in [0.5, 0.6) is 5.75 Å². The molecule has 1 aromatic rings. The Hall–Kier alpha value is -2.24. The molecular weight excluding hydrogens is 298 g/mol. The average molecular weight is 323 g/mol. The summed E-state index contributed by atoms with van der Waals surface area (Å²) in [6, 6.07) is 5.29. The minimum Gasteiger partial charge on any atom is -0.495 e. The highest BCUT2D eigenvalue weighted by atomic mass is 16.5. The predicted molar refractivity (Wildman–Crippen MR) is 87.7 cm³/mol. The number of rotatable bonds is 9. The van der Waals surface area contributed by atoms with Gasteiger partial charge in [0.15, 0.2) is 0 Å². The van der Waals surface area contributed by atoms with E-state index in [1.165, 1.54) is 14.2 Å². The summed E-state index contributed by atoms with van der Waals surface area (Å²) in [7, 11) is 4.33. The molecule has 0 saturated heterocycles. The Labute approximate surface area is 137 Å². The molecule has 128 valence electrons. The van der Waals surface area contributed by atoms with Crippen LogP contribution in [0, 0.1) is 0 Å². The molecule has 0 saturated carbocycles. The van der Waals surface area contributed by atoms with Crippen LogP contribution in [0.25, 0.3) is 0 Å². The zero-order chi connectivity index (χ0) is 17.2. The van der Waals surface area contributed by atoms with Crippen LogP contribution in [-0.2, 0) is 25.5 Å². The normalized spacial score (nSPS) is 11.5. The van der Waals surface area contributed by atoms with Crippen molar-refractivity contribution in [2.24, 2.45) is 0 Å². The molecule has 0 aliphatic carbocycles. The van der Waals surface area contributed by atoms with E-state index in [1.54, 1.807) is 7.11 Å². The molecule has 0 amide bonds. The standard InChI is InChI=1S/C17H25NO5/c1-5-13(17(20)23-4)18-14-11-12(9-10-15(14)21-2)7-6-8-16(19)22-3/h9-11,13,18H,5-8H2,1-4H3. The fourth-order valence-corrected chi connectivity index (χ4v) is 2.22. The maximum atomic E-state index is 11.7. The summed E-state index contributed by atoms with van der Waals surface area (Å²) in [6.07, 6.45) is 2.42. The van der Waals surface area contributed by atoms with E-state index in [4.69, 9.17) is 9.47 Å². The van der Waals surface area contributed by atoms with E-state index in [0.29, 0.717) is 25.0 Å². The molecule has 1 unspecified atom stereocenters. The third-order valence-electron chi connectivity index (χ3n) is 3.56. The minimum atomic E-state index is -0.431. The van der Waals surface area contributed by atoms with Crippen molar-refractivity contribution in [1.82, 2.24) is 0 Å². The van der Waals surface area contributed by atoms with Gasteiger partial charge in [-0.25, -0.2) is 4.79 Å². The van der Waals surface area contributed by atoms with Gasteiger partial charge in [-0.05, 0) is 37.0 Å². The summed E-state index contributed by atoms with van der Waals surface area (Å²) in [5.74, 6) is 0.128. The molecule has 1 aromatic carbocycles. The van der Waals surface area contributed by atoms with Crippen LogP contribution in [0.4, 0.5) is 5.69 Å². The minimum absolute atomic E-state index is 0.214.